The number of ether oxygens (including phenoxy) is 2. The second-order valence-corrected chi connectivity index (χ2v) is 6.42. The first kappa shape index (κ1) is 15.1. The van der Waals surface area contributed by atoms with Gasteiger partial charge in [0.15, 0.2) is 0 Å². The molecule has 0 saturated heterocycles. The molecule has 116 valence electrons. The van der Waals surface area contributed by atoms with Crippen LogP contribution in [0.25, 0.3) is 5.57 Å². The molecular weight excluding hydrogens is 302 g/mol. The largest absolute Gasteiger partial charge is 0.481 e. The summed E-state index contributed by atoms with van der Waals surface area (Å²) >= 11 is 6.35. The third-order valence-corrected chi connectivity index (χ3v) is 4.43. The number of esters is 1. The molecular formula is C17H18ClNO3. The fraction of sp³-hybridized carbons (Fsp3) is 0.412. The highest BCUT2D eigenvalue weighted by Gasteiger charge is 2.36. The van der Waals surface area contributed by atoms with E-state index >= 15 is 0 Å². The molecule has 5 heteroatoms. The van der Waals surface area contributed by atoms with E-state index in [2.05, 4.69) is 4.98 Å². The fourth-order valence-corrected chi connectivity index (χ4v) is 3.39. The van der Waals surface area contributed by atoms with Crippen molar-refractivity contribution in [3.63, 3.8) is 0 Å². The molecule has 0 aromatic carbocycles. The van der Waals surface area contributed by atoms with Crippen LogP contribution in [-0.2, 0) is 9.53 Å². The Labute approximate surface area is 134 Å². The second-order valence-electron chi connectivity index (χ2n) is 6.01. The standard InChI is InChI=1S/C17H18ClNO3/c1-17(2)12-7-10(16(20)21-3)5-4-6-11(12)15-13(18)8-19-9-14(15)22-17/h7-9H,4-6H2,1-3H3. The van der Waals surface area contributed by atoms with E-state index in [1.165, 1.54) is 7.11 Å². The molecule has 22 heavy (non-hydrogen) atoms. The minimum absolute atomic E-state index is 0.281. The van der Waals surface area contributed by atoms with Gasteiger partial charge in [-0.2, -0.15) is 0 Å². The Morgan fingerprint density at radius 3 is 2.86 bits per heavy atom. The Hall–Kier alpha value is -1.81. The number of hydrogen-bond acceptors (Lipinski definition) is 4. The van der Waals surface area contributed by atoms with Crippen LogP contribution < -0.4 is 4.74 Å². The highest BCUT2D eigenvalue weighted by molar-refractivity contribution is 6.32. The van der Waals surface area contributed by atoms with Crippen molar-refractivity contribution in [1.82, 2.24) is 4.98 Å². The van der Waals surface area contributed by atoms with Crippen molar-refractivity contribution in [1.29, 1.82) is 0 Å². The first-order valence-electron chi connectivity index (χ1n) is 7.29. The quantitative estimate of drug-likeness (QED) is 0.736. The van der Waals surface area contributed by atoms with Gasteiger partial charge < -0.3 is 9.47 Å². The zero-order chi connectivity index (χ0) is 15.9. The number of carbonyl (C=O) groups is 1. The van der Waals surface area contributed by atoms with E-state index in [0.29, 0.717) is 22.8 Å². The van der Waals surface area contributed by atoms with Crippen molar-refractivity contribution in [2.24, 2.45) is 0 Å². The minimum atomic E-state index is -0.543. The maximum absolute atomic E-state index is 11.9. The summed E-state index contributed by atoms with van der Waals surface area (Å²) in [4.78, 5) is 16.0. The lowest BCUT2D eigenvalue weighted by molar-refractivity contribution is -0.136. The Morgan fingerprint density at radius 1 is 1.36 bits per heavy atom. The van der Waals surface area contributed by atoms with Crippen LogP contribution in [0.15, 0.2) is 29.6 Å². The fourth-order valence-electron chi connectivity index (χ4n) is 3.13. The van der Waals surface area contributed by atoms with Gasteiger partial charge in [-0.3, -0.25) is 4.98 Å². The molecule has 0 radical (unpaired) electrons. The van der Waals surface area contributed by atoms with Crippen molar-refractivity contribution in [3.05, 3.63) is 40.2 Å². The van der Waals surface area contributed by atoms with Crippen molar-refractivity contribution in [2.45, 2.75) is 38.7 Å². The van der Waals surface area contributed by atoms with Gasteiger partial charge in [-0.05, 0) is 50.3 Å². The molecule has 2 aliphatic rings. The number of hydrogen-bond donors (Lipinski definition) is 0. The highest BCUT2D eigenvalue weighted by atomic mass is 35.5. The third-order valence-electron chi connectivity index (χ3n) is 4.14. The maximum Gasteiger partial charge on any atom is 0.333 e. The van der Waals surface area contributed by atoms with E-state index < -0.39 is 5.60 Å². The Morgan fingerprint density at radius 2 is 2.14 bits per heavy atom. The molecule has 2 heterocycles. The second kappa shape index (κ2) is 5.43. The Kier molecular flexibility index (Phi) is 3.73. The highest BCUT2D eigenvalue weighted by Crippen LogP contribution is 2.47. The lowest BCUT2D eigenvalue weighted by Gasteiger charge is -2.36. The molecule has 0 amide bonds. The summed E-state index contributed by atoms with van der Waals surface area (Å²) in [5.74, 6) is 0.419. The van der Waals surface area contributed by atoms with E-state index in [1.807, 2.05) is 19.9 Å². The van der Waals surface area contributed by atoms with Crippen LogP contribution in [0, 0.1) is 0 Å². The van der Waals surface area contributed by atoms with Crippen molar-refractivity contribution < 1.29 is 14.3 Å². The summed E-state index contributed by atoms with van der Waals surface area (Å²) < 4.78 is 11.0. The van der Waals surface area contributed by atoms with Crippen LogP contribution in [0.5, 0.6) is 5.75 Å². The van der Waals surface area contributed by atoms with Crippen LogP contribution in [0.2, 0.25) is 5.02 Å². The number of carbonyl (C=O) groups excluding carboxylic acids is 1. The molecule has 1 aromatic rings. The molecule has 4 nitrogen and oxygen atoms in total. The van der Waals surface area contributed by atoms with Gasteiger partial charge in [0.1, 0.15) is 11.4 Å². The monoisotopic (exact) mass is 319 g/mol. The average Bonchev–Trinajstić information content (AvgIpc) is 2.69. The lowest BCUT2D eigenvalue weighted by atomic mass is 9.85. The smallest absolute Gasteiger partial charge is 0.333 e. The van der Waals surface area contributed by atoms with Gasteiger partial charge in [0.25, 0.3) is 0 Å². The summed E-state index contributed by atoms with van der Waals surface area (Å²) in [6.07, 6.45) is 7.64. The van der Waals surface area contributed by atoms with Crippen LogP contribution in [0.4, 0.5) is 0 Å². The molecule has 1 aromatic heterocycles. The molecule has 0 saturated carbocycles. The Balaban J connectivity index is 2.22. The molecule has 0 unspecified atom stereocenters. The van der Waals surface area contributed by atoms with Gasteiger partial charge in [0, 0.05) is 17.3 Å². The summed E-state index contributed by atoms with van der Waals surface area (Å²) in [7, 11) is 1.41. The van der Waals surface area contributed by atoms with Gasteiger partial charge in [0.05, 0.1) is 18.3 Å². The number of fused-ring (bicyclic) bond motifs is 2. The lowest BCUT2D eigenvalue weighted by Crippen LogP contribution is -2.34. The molecule has 0 atom stereocenters. The van der Waals surface area contributed by atoms with Gasteiger partial charge in [-0.25, -0.2) is 4.79 Å². The zero-order valence-electron chi connectivity index (χ0n) is 12.9. The molecule has 0 spiro atoms. The molecule has 0 bridgehead atoms. The zero-order valence-corrected chi connectivity index (χ0v) is 13.7. The van der Waals surface area contributed by atoms with E-state index in [9.17, 15) is 4.79 Å². The molecule has 1 aliphatic heterocycles. The summed E-state index contributed by atoms with van der Waals surface area (Å²) in [5, 5.41) is 0.579. The number of rotatable bonds is 1. The first-order chi connectivity index (χ1) is 10.4. The van der Waals surface area contributed by atoms with Crippen LogP contribution >= 0.6 is 11.6 Å². The molecule has 0 fully saturated rings. The molecule has 3 rings (SSSR count). The van der Waals surface area contributed by atoms with E-state index in [0.717, 1.165) is 29.6 Å². The SMILES string of the molecule is COC(=O)C1=CC2=C(CCC1)c1c(Cl)cncc1OC2(C)C. The van der Waals surface area contributed by atoms with Crippen LogP contribution in [0.3, 0.4) is 0 Å². The summed E-state index contributed by atoms with van der Waals surface area (Å²) in [6, 6.07) is 0. The van der Waals surface area contributed by atoms with Gasteiger partial charge in [-0.15, -0.1) is 0 Å². The number of allylic oxidation sites excluding steroid dienone is 1. The summed E-state index contributed by atoms with van der Waals surface area (Å²) in [6.45, 7) is 3.98. The van der Waals surface area contributed by atoms with Gasteiger partial charge in [-0.1, -0.05) is 11.6 Å². The van der Waals surface area contributed by atoms with Crippen molar-refractivity contribution >= 4 is 23.1 Å². The van der Waals surface area contributed by atoms with Crippen molar-refractivity contribution in [3.8, 4) is 5.75 Å². The first-order valence-corrected chi connectivity index (χ1v) is 7.67. The topological polar surface area (TPSA) is 48.4 Å². The number of nitrogens with zero attached hydrogens (tertiary/aromatic N) is 1. The van der Waals surface area contributed by atoms with E-state index in [4.69, 9.17) is 21.1 Å². The average molecular weight is 320 g/mol. The number of methoxy groups -OCH3 is 1. The number of halogens is 1. The van der Waals surface area contributed by atoms with Gasteiger partial charge >= 0.3 is 5.97 Å². The normalized spacial score (nSPS) is 19.4. The minimum Gasteiger partial charge on any atom is -0.481 e. The number of pyridine rings is 1. The summed E-state index contributed by atoms with van der Waals surface area (Å²) in [5.41, 5.74) is 3.16. The van der Waals surface area contributed by atoms with E-state index in [1.54, 1.807) is 12.4 Å². The molecule has 0 N–H and O–H groups in total. The predicted octanol–water partition coefficient (Wildman–Crippen LogP) is 3.94. The molecule has 1 aliphatic carbocycles. The Bertz CT molecular complexity index is 704. The van der Waals surface area contributed by atoms with Crippen LogP contribution in [0.1, 0.15) is 38.7 Å². The van der Waals surface area contributed by atoms with Gasteiger partial charge in [0.2, 0.25) is 0 Å². The van der Waals surface area contributed by atoms with Crippen LogP contribution in [-0.4, -0.2) is 23.7 Å². The van der Waals surface area contributed by atoms with E-state index in [-0.39, 0.29) is 5.97 Å². The number of aromatic nitrogens is 1. The van der Waals surface area contributed by atoms with Crippen molar-refractivity contribution in [2.75, 3.05) is 7.11 Å². The predicted molar refractivity (Wildman–Crippen MR) is 84.8 cm³/mol. The maximum atomic E-state index is 11.9. The third kappa shape index (κ3) is 2.41.